The van der Waals surface area contributed by atoms with Crippen LogP contribution in [-0.2, 0) is 0 Å². The van der Waals surface area contributed by atoms with Crippen LogP contribution in [0.3, 0.4) is 0 Å². The molecule has 1 aliphatic heterocycles. The molecule has 1 aliphatic rings. The lowest BCUT2D eigenvalue weighted by atomic mass is 10.0. The molecule has 2 aromatic heterocycles. The highest BCUT2D eigenvalue weighted by Gasteiger charge is 2.21. The summed E-state index contributed by atoms with van der Waals surface area (Å²) in [5.74, 6) is 0.443. The van der Waals surface area contributed by atoms with Crippen molar-refractivity contribution >= 4 is 34.6 Å². The maximum absolute atomic E-state index is 8.70. The smallest absolute Gasteiger partial charge is 0.177 e. The summed E-state index contributed by atoms with van der Waals surface area (Å²) in [6, 6.07) is 5.40. The number of hydrogen-bond donors (Lipinski definition) is 3. The number of pyridine rings is 1. The molecule has 1 aromatic carbocycles. The quantitative estimate of drug-likeness (QED) is 0.283. The van der Waals surface area contributed by atoms with Gasteiger partial charge in [-0.2, -0.15) is 5.10 Å². The topological polar surface area (TPSA) is 119 Å². The zero-order valence-corrected chi connectivity index (χ0v) is 19.1. The van der Waals surface area contributed by atoms with Gasteiger partial charge in [0.25, 0.3) is 0 Å². The molecule has 3 aromatic rings. The van der Waals surface area contributed by atoms with Crippen LogP contribution in [-0.4, -0.2) is 45.5 Å². The molecule has 0 unspecified atom stereocenters. The number of nitrogens with one attached hydrogen (secondary N) is 1. The standard InChI is InChI=1S/C22H25Cl2N7O/c1-30-6-4-14(5-7-30)31-12-13(9-29-31)21(26)16-8-15(2-3-19(16)25)32-22(27)20-17(23)10-28-11-18(20)24/h2-3,8-12,14,22,26H,4-7,25,27H2,1H3/t22-/m0/s1. The van der Waals surface area contributed by atoms with Crippen LogP contribution in [0, 0.1) is 5.41 Å². The Kier molecular flexibility index (Phi) is 6.66. The lowest BCUT2D eigenvalue weighted by Crippen LogP contribution is -2.31. The molecule has 1 saturated heterocycles. The van der Waals surface area contributed by atoms with Gasteiger partial charge in [0.15, 0.2) is 6.23 Å². The van der Waals surface area contributed by atoms with Gasteiger partial charge < -0.3 is 15.4 Å². The summed E-state index contributed by atoms with van der Waals surface area (Å²) in [6.07, 6.45) is 7.69. The molecule has 10 heteroatoms. The van der Waals surface area contributed by atoms with E-state index >= 15 is 0 Å². The van der Waals surface area contributed by atoms with Crippen LogP contribution < -0.4 is 16.2 Å². The molecule has 32 heavy (non-hydrogen) atoms. The maximum Gasteiger partial charge on any atom is 0.177 e. The lowest BCUT2D eigenvalue weighted by molar-refractivity contribution is 0.212. The van der Waals surface area contributed by atoms with E-state index in [0.717, 1.165) is 25.9 Å². The molecule has 0 aliphatic carbocycles. The number of aromatic nitrogens is 3. The Morgan fingerprint density at radius 1 is 1.19 bits per heavy atom. The molecule has 0 saturated carbocycles. The van der Waals surface area contributed by atoms with E-state index in [-0.39, 0.29) is 5.71 Å². The minimum absolute atomic E-state index is 0.265. The van der Waals surface area contributed by atoms with Gasteiger partial charge >= 0.3 is 0 Å². The number of rotatable bonds is 6. The second-order valence-corrected chi connectivity index (χ2v) is 8.74. The fourth-order valence-electron chi connectivity index (χ4n) is 3.81. The summed E-state index contributed by atoms with van der Waals surface area (Å²) in [7, 11) is 2.13. The number of ether oxygens (including phenoxy) is 1. The summed E-state index contributed by atoms with van der Waals surface area (Å²) in [4.78, 5) is 6.24. The van der Waals surface area contributed by atoms with Crippen molar-refractivity contribution in [3.63, 3.8) is 0 Å². The molecule has 1 fully saturated rings. The molecule has 4 rings (SSSR count). The van der Waals surface area contributed by atoms with Crippen molar-refractivity contribution in [1.29, 1.82) is 5.41 Å². The van der Waals surface area contributed by atoms with E-state index in [0.29, 0.717) is 44.2 Å². The van der Waals surface area contributed by atoms with Crippen molar-refractivity contribution in [3.05, 3.63) is 69.7 Å². The van der Waals surface area contributed by atoms with Gasteiger partial charge in [-0.25, -0.2) is 0 Å². The predicted octanol–water partition coefficient (Wildman–Crippen LogP) is 3.89. The van der Waals surface area contributed by atoms with Crippen molar-refractivity contribution in [3.8, 4) is 5.75 Å². The zero-order valence-electron chi connectivity index (χ0n) is 17.6. The molecule has 0 spiro atoms. The van der Waals surface area contributed by atoms with Crippen LogP contribution in [0.5, 0.6) is 5.75 Å². The van der Waals surface area contributed by atoms with Gasteiger partial charge in [0.1, 0.15) is 5.75 Å². The van der Waals surface area contributed by atoms with Crippen molar-refractivity contribution in [2.24, 2.45) is 5.73 Å². The Morgan fingerprint density at radius 3 is 2.56 bits per heavy atom. The normalized spacial score (nSPS) is 16.1. The Bertz CT molecular complexity index is 1100. The zero-order chi connectivity index (χ0) is 22.8. The molecule has 0 bridgehead atoms. The number of halogens is 2. The van der Waals surface area contributed by atoms with E-state index < -0.39 is 6.23 Å². The van der Waals surface area contributed by atoms with Crippen LogP contribution in [0.15, 0.2) is 43.0 Å². The van der Waals surface area contributed by atoms with Gasteiger partial charge in [-0.05, 0) is 51.2 Å². The number of nitrogen functional groups attached to an aromatic ring is 1. The fourth-order valence-corrected chi connectivity index (χ4v) is 4.39. The number of benzene rings is 1. The average molecular weight is 474 g/mol. The number of hydrogen-bond acceptors (Lipinski definition) is 7. The van der Waals surface area contributed by atoms with E-state index in [4.69, 9.17) is 44.8 Å². The van der Waals surface area contributed by atoms with Crippen LogP contribution in [0.25, 0.3) is 0 Å². The third-order valence-electron chi connectivity index (χ3n) is 5.68. The first-order chi connectivity index (χ1) is 15.3. The van der Waals surface area contributed by atoms with Crippen molar-refractivity contribution < 1.29 is 4.74 Å². The largest absolute Gasteiger partial charge is 0.471 e. The number of anilines is 1. The Labute approximate surface area is 196 Å². The second kappa shape index (κ2) is 9.46. The molecule has 0 amide bonds. The molecular weight excluding hydrogens is 449 g/mol. The van der Waals surface area contributed by atoms with Gasteiger partial charge in [-0.15, -0.1) is 0 Å². The number of nitrogens with two attached hydrogens (primary N) is 2. The highest BCUT2D eigenvalue weighted by Crippen LogP contribution is 2.31. The molecule has 8 nitrogen and oxygen atoms in total. The Balaban J connectivity index is 1.53. The first kappa shape index (κ1) is 22.5. The van der Waals surface area contributed by atoms with E-state index in [2.05, 4.69) is 22.0 Å². The molecule has 3 heterocycles. The maximum atomic E-state index is 8.70. The Hall–Kier alpha value is -2.65. The van der Waals surface area contributed by atoms with Crippen LogP contribution in [0.4, 0.5) is 5.69 Å². The van der Waals surface area contributed by atoms with E-state index in [1.54, 1.807) is 24.4 Å². The minimum atomic E-state index is -0.907. The molecule has 168 valence electrons. The minimum Gasteiger partial charge on any atom is -0.471 e. The third kappa shape index (κ3) is 4.73. The van der Waals surface area contributed by atoms with E-state index in [1.165, 1.54) is 12.4 Å². The number of piperidine rings is 1. The SMILES string of the molecule is CN1CCC(n2cc(C(=N)c3cc(O[C@H](N)c4c(Cl)cncc4Cl)ccc3N)cn2)CC1. The van der Waals surface area contributed by atoms with E-state index in [9.17, 15) is 0 Å². The lowest BCUT2D eigenvalue weighted by Gasteiger charge is -2.28. The Morgan fingerprint density at radius 2 is 1.88 bits per heavy atom. The van der Waals surface area contributed by atoms with Gasteiger partial charge in [0, 0.05) is 41.0 Å². The number of nitrogens with zero attached hydrogens (tertiary/aromatic N) is 4. The van der Waals surface area contributed by atoms with Crippen molar-refractivity contribution in [2.75, 3.05) is 25.9 Å². The first-order valence-corrected chi connectivity index (χ1v) is 11.0. The molecule has 5 N–H and O–H groups in total. The fraction of sp³-hybridized carbons (Fsp3) is 0.318. The predicted molar refractivity (Wildman–Crippen MR) is 127 cm³/mol. The molecule has 0 radical (unpaired) electrons. The summed E-state index contributed by atoms with van der Waals surface area (Å²) in [6.45, 7) is 2.07. The van der Waals surface area contributed by atoms with Crippen LogP contribution in [0.2, 0.25) is 10.0 Å². The summed E-state index contributed by atoms with van der Waals surface area (Å²) in [5.41, 5.74) is 14.7. The average Bonchev–Trinajstić information content (AvgIpc) is 3.25. The highest BCUT2D eigenvalue weighted by atomic mass is 35.5. The van der Waals surface area contributed by atoms with Crippen LogP contribution >= 0.6 is 23.2 Å². The highest BCUT2D eigenvalue weighted by molar-refractivity contribution is 6.35. The van der Waals surface area contributed by atoms with Crippen molar-refractivity contribution in [1.82, 2.24) is 19.7 Å². The monoisotopic (exact) mass is 473 g/mol. The van der Waals surface area contributed by atoms with Crippen LogP contribution in [0.1, 0.15) is 41.8 Å². The molecule has 1 atom stereocenters. The molecular formula is C22H25Cl2N7O. The third-order valence-corrected chi connectivity index (χ3v) is 6.29. The van der Waals surface area contributed by atoms with Gasteiger partial charge in [-0.1, -0.05) is 23.2 Å². The van der Waals surface area contributed by atoms with Gasteiger partial charge in [-0.3, -0.25) is 20.8 Å². The first-order valence-electron chi connectivity index (χ1n) is 10.3. The van der Waals surface area contributed by atoms with Gasteiger partial charge in [0.2, 0.25) is 0 Å². The summed E-state index contributed by atoms with van der Waals surface area (Å²) < 4.78 is 7.81. The second-order valence-electron chi connectivity index (χ2n) is 7.92. The van der Waals surface area contributed by atoms with Crippen molar-refractivity contribution in [2.45, 2.75) is 25.1 Å². The summed E-state index contributed by atoms with van der Waals surface area (Å²) >= 11 is 12.4. The summed E-state index contributed by atoms with van der Waals surface area (Å²) in [5, 5.41) is 13.8. The number of likely N-dealkylation sites (tertiary alicyclic amines) is 1. The van der Waals surface area contributed by atoms with E-state index in [1.807, 2.05) is 10.9 Å². The van der Waals surface area contributed by atoms with Gasteiger partial charge in [0.05, 0.1) is 28.0 Å².